The summed E-state index contributed by atoms with van der Waals surface area (Å²) >= 11 is 0. The highest BCUT2D eigenvalue weighted by atomic mass is 19.1. The van der Waals surface area contributed by atoms with Crippen LogP contribution in [0.25, 0.3) is 0 Å². The Kier molecular flexibility index (Phi) is 8.81. The molecule has 0 aromatic heterocycles. The summed E-state index contributed by atoms with van der Waals surface area (Å²) in [5.74, 6) is -1.54. The van der Waals surface area contributed by atoms with E-state index < -0.39 is 13.1 Å². The summed E-state index contributed by atoms with van der Waals surface area (Å²) in [6.45, 7) is 3.90. The summed E-state index contributed by atoms with van der Waals surface area (Å²) in [5, 5.41) is 30.6. The second-order valence-corrected chi connectivity index (χ2v) is 6.85. The number of halogens is 1. The third kappa shape index (κ3) is 7.66. The van der Waals surface area contributed by atoms with Gasteiger partial charge in [-0.1, -0.05) is 31.2 Å². The molecular formula is C21H25BFN3O3. The molecule has 0 aliphatic rings. The zero-order valence-corrected chi connectivity index (χ0v) is 16.4. The van der Waals surface area contributed by atoms with Crippen LogP contribution in [-0.4, -0.2) is 47.0 Å². The van der Waals surface area contributed by atoms with E-state index in [1.165, 1.54) is 12.1 Å². The van der Waals surface area contributed by atoms with Crippen LogP contribution >= 0.6 is 0 Å². The largest absolute Gasteiger partial charge is 0.475 e. The number of hydrogen-bond donors (Lipinski definition) is 3. The Morgan fingerprint density at radius 1 is 1.17 bits per heavy atom. The SMILES string of the molecule is CCN(CCC(=O)N[C@@H](Cc1ccc(F)cc1)B(O)O)Cc1ccc(C#N)cc1. The number of nitrogens with one attached hydrogen (secondary N) is 1. The van der Waals surface area contributed by atoms with Crippen molar-refractivity contribution in [3.8, 4) is 6.07 Å². The normalized spacial score (nSPS) is 11.7. The third-order valence-corrected chi connectivity index (χ3v) is 4.67. The number of hydrogen-bond acceptors (Lipinski definition) is 5. The van der Waals surface area contributed by atoms with E-state index in [-0.39, 0.29) is 24.6 Å². The van der Waals surface area contributed by atoms with Crippen LogP contribution in [0, 0.1) is 17.1 Å². The van der Waals surface area contributed by atoms with E-state index in [4.69, 9.17) is 5.26 Å². The Balaban J connectivity index is 1.86. The Morgan fingerprint density at radius 3 is 2.34 bits per heavy atom. The van der Waals surface area contributed by atoms with Crippen molar-refractivity contribution in [2.24, 2.45) is 0 Å². The number of nitriles is 1. The van der Waals surface area contributed by atoms with Crippen LogP contribution in [0.2, 0.25) is 0 Å². The fourth-order valence-electron chi connectivity index (χ4n) is 2.94. The van der Waals surface area contributed by atoms with Crippen molar-refractivity contribution in [1.29, 1.82) is 5.26 Å². The zero-order valence-electron chi connectivity index (χ0n) is 16.4. The molecule has 0 saturated heterocycles. The summed E-state index contributed by atoms with van der Waals surface area (Å²) in [7, 11) is -1.72. The van der Waals surface area contributed by atoms with Gasteiger partial charge in [0, 0.05) is 19.5 Å². The van der Waals surface area contributed by atoms with E-state index in [0.717, 1.165) is 12.1 Å². The molecular weight excluding hydrogens is 372 g/mol. The molecule has 0 aliphatic carbocycles. The molecule has 2 aromatic rings. The van der Waals surface area contributed by atoms with Gasteiger partial charge in [0.15, 0.2) is 0 Å². The van der Waals surface area contributed by atoms with Crippen LogP contribution in [0.3, 0.4) is 0 Å². The van der Waals surface area contributed by atoms with Crippen LogP contribution < -0.4 is 5.32 Å². The van der Waals surface area contributed by atoms with E-state index >= 15 is 0 Å². The molecule has 29 heavy (non-hydrogen) atoms. The van der Waals surface area contributed by atoms with E-state index in [2.05, 4.69) is 16.3 Å². The third-order valence-electron chi connectivity index (χ3n) is 4.67. The first kappa shape index (κ1) is 22.6. The van der Waals surface area contributed by atoms with Crippen LogP contribution in [0.5, 0.6) is 0 Å². The number of amides is 1. The number of benzene rings is 2. The van der Waals surface area contributed by atoms with Crippen LogP contribution in [0.4, 0.5) is 4.39 Å². The van der Waals surface area contributed by atoms with Gasteiger partial charge in [0.05, 0.1) is 17.6 Å². The smallest absolute Gasteiger partial charge is 0.426 e. The van der Waals surface area contributed by atoms with Gasteiger partial charge in [-0.3, -0.25) is 9.69 Å². The van der Waals surface area contributed by atoms with Crippen molar-refractivity contribution < 1.29 is 19.2 Å². The summed E-state index contributed by atoms with van der Waals surface area (Å²) in [5.41, 5.74) is 2.35. The first-order valence-electron chi connectivity index (χ1n) is 9.52. The van der Waals surface area contributed by atoms with Gasteiger partial charge in [0.1, 0.15) is 5.82 Å². The molecule has 0 bridgehead atoms. The van der Waals surface area contributed by atoms with Crippen molar-refractivity contribution in [3.63, 3.8) is 0 Å². The molecule has 8 heteroatoms. The minimum absolute atomic E-state index is 0.187. The summed E-state index contributed by atoms with van der Waals surface area (Å²) in [6, 6.07) is 15.1. The van der Waals surface area contributed by atoms with Gasteiger partial charge in [-0.2, -0.15) is 5.26 Å². The zero-order chi connectivity index (χ0) is 21.2. The molecule has 0 unspecified atom stereocenters. The Morgan fingerprint density at radius 2 is 1.79 bits per heavy atom. The van der Waals surface area contributed by atoms with Crippen LogP contribution in [0.1, 0.15) is 30.0 Å². The number of carbonyl (C=O) groups excluding carboxylic acids is 1. The van der Waals surface area contributed by atoms with Gasteiger partial charge >= 0.3 is 7.12 Å². The van der Waals surface area contributed by atoms with Gasteiger partial charge < -0.3 is 15.4 Å². The second-order valence-electron chi connectivity index (χ2n) is 6.85. The number of carbonyl (C=O) groups is 1. The van der Waals surface area contributed by atoms with Gasteiger partial charge in [-0.05, 0) is 48.4 Å². The van der Waals surface area contributed by atoms with E-state index in [1.54, 1.807) is 24.3 Å². The summed E-state index contributed by atoms with van der Waals surface area (Å²) < 4.78 is 13.0. The average molecular weight is 397 g/mol. The van der Waals surface area contributed by atoms with Crippen molar-refractivity contribution in [1.82, 2.24) is 10.2 Å². The minimum Gasteiger partial charge on any atom is -0.426 e. The lowest BCUT2D eigenvalue weighted by atomic mass is 9.76. The molecule has 0 spiro atoms. The van der Waals surface area contributed by atoms with Crippen molar-refractivity contribution in [2.75, 3.05) is 13.1 Å². The van der Waals surface area contributed by atoms with Crippen LogP contribution in [-0.2, 0) is 17.8 Å². The molecule has 0 radical (unpaired) electrons. The topological polar surface area (TPSA) is 96.6 Å². The average Bonchev–Trinajstić information content (AvgIpc) is 2.72. The predicted octanol–water partition coefficient (Wildman–Crippen LogP) is 1.65. The first-order valence-corrected chi connectivity index (χ1v) is 9.52. The predicted molar refractivity (Wildman–Crippen MR) is 109 cm³/mol. The summed E-state index contributed by atoms with van der Waals surface area (Å²) in [4.78, 5) is 14.4. The van der Waals surface area contributed by atoms with Gasteiger partial charge in [0.25, 0.3) is 0 Å². The fourth-order valence-corrected chi connectivity index (χ4v) is 2.94. The van der Waals surface area contributed by atoms with Gasteiger partial charge in [-0.25, -0.2) is 4.39 Å². The maximum atomic E-state index is 13.0. The second kappa shape index (κ2) is 11.3. The Hall–Kier alpha value is -2.73. The van der Waals surface area contributed by atoms with E-state index in [9.17, 15) is 19.2 Å². The van der Waals surface area contributed by atoms with Crippen molar-refractivity contribution >= 4 is 13.0 Å². The van der Waals surface area contributed by atoms with Crippen molar-refractivity contribution in [3.05, 3.63) is 71.0 Å². The van der Waals surface area contributed by atoms with Gasteiger partial charge in [-0.15, -0.1) is 0 Å². The molecule has 1 amide bonds. The molecule has 152 valence electrons. The standard InChI is InChI=1S/C21H25BFN3O3/c1-2-26(15-18-5-3-17(14-24)4-6-18)12-11-21(27)25-20(22(28)29)13-16-7-9-19(23)10-8-16/h3-10,20,28-29H,2,11-13,15H2,1H3,(H,25,27)/t20-/m0/s1. The van der Waals surface area contributed by atoms with Crippen molar-refractivity contribution in [2.45, 2.75) is 32.3 Å². The molecule has 2 aromatic carbocycles. The fraction of sp³-hybridized carbons (Fsp3) is 0.333. The molecule has 0 saturated carbocycles. The molecule has 2 rings (SSSR count). The Labute approximate surface area is 170 Å². The molecule has 6 nitrogen and oxygen atoms in total. The van der Waals surface area contributed by atoms with E-state index in [1.807, 2.05) is 19.1 Å². The van der Waals surface area contributed by atoms with E-state index in [0.29, 0.717) is 24.2 Å². The minimum atomic E-state index is -1.72. The highest BCUT2D eigenvalue weighted by Crippen LogP contribution is 2.09. The quantitative estimate of drug-likeness (QED) is 0.530. The highest BCUT2D eigenvalue weighted by molar-refractivity contribution is 6.43. The Bertz CT molecular complexity index is 823. The van der Waals surface area contributed by atoms with Crippen LogP contribution in [0.15, 0.2) is 48.5 Å². The molecule has 0 fully saturated rings. The van der Waals surface area contributed by atoms with Gasteiger partial charge in [0.2, 0.25) is 5.91 Å². The first-order chi connectivity index (χ1) is 13.9. The molecule has 3 N–H and O–H groups in total. The maximum Gasteiger partial charge on any atom is 0.475 e. The highest BCUT2D eigenvalue weighted by Gasteiger charge is 2.25. The molecule has 0 aliphatic heterocycles. The monoisotopic (exact) mass is 397 g/mol. The molecule has 1 atom stereocenters. The lowest BCUT2D eigenvalue weighted by Crippen LogP contribution is -2.48. The summed E-state index contributed by atoms with van der Waals surface area (Å²) in [6.07, 6.45) is 0.392. The molecule has 0 heterocycles. The maximum absolute atomic E-state index is 13.0. The number of nitrogens with zero attached hydrogens (tertiary/aromatic N) is 2. The number of rotatable bonds is 10. The lowest BCUT2D eigenvalue weighted by molar-refractivity contribution is -0.121. The lowest BCUT2D eigenvalue weighted by Gasteiger charge is -2.22.